The number of anilines is 1. The molecule has 0 atom stereocenters. The molecule has 31 heavy (non-hydrogen) atoms. The highest BCUT2D eigenvalue weighted by Gasteiger charge is 2.24. The summed E-state index contributed by atoms with van der Waals surface area (Å²) in [6.45, 7) is 1.16. The number of benzene rings is 2. The van der Waals surface area contributed by atoms with Gasteiger partial charge in [-0.3, -0.25) is 25.0 Å². The number of para-hydroxylation sites is 1. The highest BCUT2D eigenvalue weighted by molar-refractivity contribution is 6.37. The van der Waals surface area contributed by atoms with Crippen LogP contribution in [0.3, 0.4) is 0 Å². The summed E-state index contributed by atoms with van der Waals surface area (Å²) in [4.78, 5) is 33.3. The fourth-order valence-electron chi connectivity index (χ4n) is 2.64. The summed E-state index contributed by atoms with van der Waals surface area (Å²) in [5.74, 6) is -0.464. The van der Waals surface area contributed by atoms with Gasteiger partial charge in [0.25, 0.3) is 17.3 Å². The van der Waals surface area contributed by atoms with Gasteiger partial charge in [-0.25, -0.2) is 4.68 Å². The molecule has 13 heteroatoms. The minimum atomic E-state index is -0.760. The van der Waals surface area contributed by atoms with Gasteiger partial charge in [-0.1, -0.05) is 29.3 Å². The summed E-state index contributed by atoms with van der Waals surface area (Å²) in [6.07, 6.45) is 1.46. The molecule has 0 fully saturated rings. The van der Waals surface area contributed by atoms with Crippen molar-refractivity contribution < 1.29 is 19.4 Å². The van der Waals surface area contributed by atoms with E-state index in [2.05, 4.69) is 10.4 Å². The number of carbonyl (C=O) groups is 1. The third-order valence-corrected chi connectivity index (χ3v) is 4.73. The van der Waals surface area contributed by atoms with Gasteiger partial charge >= 0.3 is 0 Å². The maximum atomic E-state index is 12.4. The predicted octanol–water partition coefficient (Wildman–Crippen LogP) is 4.60. The van der Waals surface area contributed by atoms with Crippen LogP contribution in [0, 0.1) is 27.2 Å². The van der Waals surface area contributed by atoms with Crippen molar-refractivity contribution >= 4 is 46.2 Å². The largest absolute Gasteiger partial charge is 0.468 e. The van der Waals surface area contributed by atoms with E-state index in [-0.39, 0.29) is 29.4 Å². The van der Waals surface area contributed by atoms with Crippen LogP contribution in [0.25, 0.3) is 0 Å². The average molecular weight is 466 g/mol. The molecule has 0 spiro atoms. The van der Waals surface area contributed by atoms with Crippen molar-refractivity contribution in [1.29, 1.82) is 0 Å². The number of ether oxygens (including phenoxy) is 1. The van der Waals surface area contributed by atoms with Crippen molar-refractivity contribution in [2.75, 3.05) is 5.32 Å². The molecule has 3 rings (SSSR count). The van der Waals surface area contributed by atoms with Crippen molar-refractivity contribution in [3.8, 4) is 5.75 Å². The van der Waals surface area contributed by atoms with Crippen molar-refractivity contribution in [3.63, 3.8) is 0 Å². The number of hydrogen-bond donors (Lipinski definition) is 1. The molecule has 0 radical (unpaired) electrons. The number of aromatic nitrogens is 2. The van der Waals surface area contributed by atoms with Gasteiger partial charge in [-0.2, -0.15) is 5.10 Å². The molecule has 2 aromatic carbocycles. The molecule has 1 aromatic heterocycles. The normalized spacial score (nSPS) is 10.5. The van der Waals surface area contributed by atoms with Crippen molar-refractivity contribution in [2.45, 2.75) is 13.7 Å². The standard InChI is InChI=1S/C18H13Cl2N5O6/c1-10-15(24(27)28)7-11(8-16(10)25(29)30)21-18(26)14-5-6-23(22-14)9-31-17-12(19)3-2-4-13(17)20/h2-8H,9H2,1H3,(H,21,26). The molecular formula is C18H13Cl2N5O6. The Kier molecular flexibility index (Phi) is 6.37. The fraction of sp³-hybridized carbons (Fsp3) is 0.111. The molecule has 0 aliphatic rings. The van der Waals surface area contributed by atoms with E-state index < -0.39 is 27.1 Å². The average Bonchev–Trinajstić information content (AvgIpc) is 3.17. The molecule has 1 N–H and O–H groups in total. The van der Waals surface area contributed by atoms with Gasteiger partial charge < -0.3 is 10.1 Å². The maximum absolute atomic E-state index is 12.4. The zero-order valence-corrected chi connectivity index (χ0v) is 17.3. The van der Waals surface area contributed by atoms with Gasteiger partial charge in [0.1, 0.15) is 5.56 Å². The number of hydrogen-bond acceptors (Lipinski definition) is 7. The molecule has 0 saturated heterocycles. The summed E-state index contributed by atoms with van der Waals surface area (Å²) in [5.41, 5.74) is -1.24. The Bertz CT molecular complexity index is 1140. The topological polar surface area (TPSA) is 142 Å². The number of nitrogens with one attached hydrogen (secondary N) is 1. The highest BCUT2D eigenvalue weighted by Crippen LogP contribution is 2.33. The Hall–Kier alpha value is -3.70. The van der Waals surface area contributed by atoms with Gasteiger partial charge in [0.2, 0.25) is 0 Å². The second-order valence-corrected chi connectivity index (χ2v) is 6.99. The molecule has 0 aliphatic heterocycles. The lowest BCUT2D eigenvalue weighted by Gasteiger charge is -2.09. The molecule has 3 aromatic rings. The van der Waals surface area contributed by atoms with Crippen LogP contribution in [-0.2, 0) is 6.73 Å². The highest BCUT2D eigenvalue weighted by atomic mass is 35.5. The van der Waals surface area contributed by atoms with E-state index in [1.54, 1.807) is 18.2 Å². The van der Waals surface area contributed by atoms with Gasteiger partial charge in [0.15, 0.2) is 18.2 Å². The second-order valence-electron chi connectivity index (χ2n) is 6.17. The summed E-state index contributed by atoms with van der Waals surface area (Å²) < 4.78 is 6.82. The van der Waals surface area contributed by atoms with Crippen molar-refractivity contribution in [2.24, 2.45) is 0 Å². The first-order chi connectivity index (χ1) is 14.7. The van der Waals surface area contributed by atoms with E-state index in [1.165, 1.54) is 23.9 Å². The van der Waals surface area contributed by atoms with Crippen LogP contribution < -0.4 is 10.1 Å². The Morgan fingerprint density at radius 1 is 1.13 bits per heavy atom. The quantitative estimate of drug-likeness (QED) is 0.396. The minimum absolute atomic E-state index is 0.0419. The summed E-state index contributed by atoms with van der Waals surface area (Å²) in [7, 11) is 0. The SMILES string of the molecule is Cc1c([N+](=O)[O-])cc(NC(=O)c2ccn(COc3c(Cl)cccc3Cl)n2)cc1[N+](=O)[O-]. The maximum Gasteiger partial charge on any atom is 0.281 e. The molecule has 1 heterocycles. The van der Waals surface area contributed by atoms with Gasteiger partial charge in [-0.15, -0.1) is 0 Å². The van der Waals surface area contributed by atoms with E-state index in [0.717, 1.165) is 12.1 Å². The van der Waals surface area contributed by atoms with Gasteiger partial charge in [-0.05, 0) is 25.1 Å². The van der Waals surface area contributed by atoms with E-state index >= 15 is 0 Å². The summed E-state index contributed by atoms with van der Waals surface area (Å²) in [5, 5.41) is 29.4. The van der Waals surface area contributed by atoms with E-state index in [1.807, 2.05) is 0 Å². The molecule has 160 valence electrons. The van der Waals surface area contributed by atoms with Crippen LogP contribution in [0.4, 0.5) is 17.1 Å². The van der Waals surface area contributed by atoms with Gasteiger partial charge in [0.05, 0.1) is 25.6 Å². The van der Waals surface area contributed by atoms with Crippen LogP contribution in [0.5, 0.6) is 5.75 Å². The first kappa shape index (κ1) is 22.0. The second kappa shape index (κ2) is 8.98. The zero-order valence-electron chi connectivity index (χ0n) is 15.7. The molecule has 11 nitrogen and oxygen atoms in total. The van der Waals surface area contributed by atoms with Crippen LogP contribution in [0.15, 0.2) is 42.6 Å². The van der Waals surface area contributed by atoms with Crippen LogP contribution in [-0.4, -0.2) is 25.5 Å². The molecule has 0 saturated carbocycles. The predicted molar refractivity (Wildman–Crippen MR) is 112 cm³/mol. The van der Waals surface area contributed by atoms with E-state index in [0.29, 0.717) is 10.0 Å². The Labute approximate surface area is 184 Å². The van der Waals surface area contributed by atoms with Crippen LogP contribution in [0.2, 0.25) is 10.0 Å². The number of amides is 1. The lowest BCUT2D eigenvalue weighted by atomic mass is 10.1. The smallest absolute Gasteiger partial charge is 0.281 e. The number of carbonyl (C=O) groups excluding carboxylic acids is 1. The first-order valence-corrected chi connectivity index (χ1v) is 9.28. The Morgan fingerprint density at radius 3 is 2.26 bits per heavy atom. The molecule has 0 aliphatic carbocycles. The first-order valence-electron chi connectivity index (χ1n) is 8.52. The Morgan fingerprint density at radius 2 is 1.71 bits per heavy atom. The number of nitrogens with zero attached hydrogens (tertiary/aromatic N) is 4. The monoisotopic (exact) mass is 465 g/mol. The fourth-order valence-corrected chi connectivity index (χ4v) is 3.14. The van der Waals surface area contributed by atoms with E-state index in [4.69, 9.17) is 27.9 Å². The summed E-state index contributed by atoms with van der Waals surface area (Å²) in [6, 6.07) is 8.33. The minimum Gasteiger partial charge on any atom is -0.468 e. The lowest BCUT2D eigenvalue weighted by molar-refractivity contribution is -0.395. The number of halogens is 2. The zero-order chi connectivity index (χ0) is 22.7. The van der Waals surface area contributed by atoms with Crippen LogP contribution in [0.1, 0.15) is 16.1 Å². The number of nitro groups is 2. The van der Waals surface area contributed by atoms with E-state index in [9.17, 15) is 25.0 Å². The van der Waals surface area contributed by atoms with Crippen molar-refractivity contribution in [3.05, 3.63) is 84.1 Å². The van der Waals surface area contributed by atoms with Crippen LogP contribution >= 0.6 is 23.2 Å². The Balaban J connectivity index is 1.76. The van der Waals surface area contributed by atoms with Crippen molar-refractivity contribution in [1.82, 2.24) is 9.78 Å². The number of nitro benzene ring substituents is 2. The third-order valence-electron chi connectivity index (χ3n) is 4.14. The molecule has 1 amide bonds. The molecule has 0 unspecified atom stereocenters. The summed E-state index contributed by atoms with van der Waals surface area (Å²) >= 11 is 12.0. The number of rotatable bonds is 7. The third kappa shape index (κ3) is 4.90. The van der Waals surface area contributed by atoms with Gasteiger partial charge in [0, 0.05) is 18.3 Å². The molecule has 0 bridgehead atoms. The molecular weight excluding hydrogens is 453 g/mol. The lowest BCUT2D eigenvalue weighted by Crippen LogP contribution is -2.15.